The first-order valence-electron chi connectivity index (χ1n) is 7.18. The molecule has 4 heteroatoms. The van der Waals surface area contributed by atoms with Crippen LogP contribution in [0, 0.1) is 6.92 Å². The molecule has 2 rings (SSSR count). The zero-order valence-corrected chi connectivity index (χ0v) is 13.5. The second-order valence-electron chi connectivity index (χ2n) is 4.91. The van der Waals surface area contributed by atoms with Crippen molar-refractivity contribution in [1.82, 2.24) is 10.3 Å². The Morgan fingerprint density at radius 2 is 1.95 bits per heavy atom. The van der Waals surface area contributed by atoms with Gasteiger partial charge in [0.25, 0.3) is 0 Å². The number of aromatic nitrogens is 1. The van der Waals surface area contributed by atoms with E-state index in [9.17, 15) is 0 Å². The molecule has 0 spiro atoms. The fourth-order valence-electron chi connectivity index (χ4n) is 2.16. The second-order valence-corrected chi connectivity index (χ2v) is 5.75. The predicted molar refractivity (Wildman–Crippen MR) is 88.1 cm³/mol. The lowest BCUT2D eigenvalue weighted by Crippen LogP contribution is -2.19. The summed E-state index contributed by atoms with van der Waals surface area (Å²) >= 11 is 1.71. The molecule has 1 heterocycles. The van der Waals surface area contributed by atoms with Gasteiger partial charge in [0.05, 0.1) is 5.69 Å². The number of nitrogens with zero attached hydrogens (tertiary/aromatic N) is 2. The van der Waals surface area contributed by atoms with E-state index in [1.165, 1.54) is 11.3 Å². The van der Waals surface area contributed by atoms with E-state index in [1.54, 1.807) is 11.3 Å². The molecule has 0 aliphatic carbocycles. The van der Waals surface area contributed by atoms with Crippen molar-refractivity contribution in [2.75, 3.05) is 18.0 Å². The number of hydrogen-bond acceptors (Lipinski definition) is 4. The van der Waals surface area contributed by atoms with Crippen LogP contribution in [0.2, 0.25) is 0 Å². The van der Waals surface area contributed by atoms with Crippen molar-refractivity contribution in [1.29, 1.82) is 0 Å². The van der Waals surface area contributed by atoms with Crippen LogP contribution in [-0.4, -0.2) is 18.1 Å². The lowest BCUT2D eigenvalue weighted by Gasteiger charge is -2.20. The Morgan fingerprint density at radius 1 is 1.25 bits per heavy atom. The van der Waals surface area contributed by atoms with E-state index in [4.69, 9.17) is 4.98 Å². The third-order valence-electron chi connectivity index (χ3n) is 3.36. The summed E-state index contributed by atoms with van der Waals surface area (Å²) in [4.78, 5) is 7.04. The molecule has 0 aliphatic rings. The summed E-state index contributed by atoms with van der Waals surface area (Å²) in [6.45, 7) is 10.4. The third-order valence-corrected chi connectivity index (χ3v) is 4.24. The summed E-state index contributed by atoms with van der Waals surface area (Å²) in [6.07, 6.45) is 0. The van der Waals surface area contributed by atoms with Gasteiger partial charge in [0.2, 0.25) is 0 Å². The number of nitrogens with one attached hydrogen (secondary N) is 1. The zero-order valence-electron chi connectivity index (χ0n) is 12.7. The van der Waals surface area contributed by atoms with Crippen molar-refractivity contribution in [2.24, 2.45) is 0 Å². The molecule has 0 fully saturated rings. The molecule has 0 saturated heterocycles. The van der Waals surface area contributed by atoms with Gasteiger partial charge in [-0.2, -0.15) is 0 Å². The van der Waals surface area contributed by atoms with Crippen LogP contribution in [0.1, 0.15) is 38.1 Å². The fraction of sp³-hybridized carbons (Fsp3) is 0.438. The molecule has 1 unspecified atom stereocenters. The van der Waals surface area contributed by atoms with E-state index >= 15 is 0 Å². The molecule has 0 radical (unpaired) electrons. The maximum Gasteiger partial charge on any atom is 0.190 e. The van der Waals surface area contributed by atoms with Gasteiger partial charge >= 0.3 is 0 Å². The normalized spacial score (nSPS) is 12.4. The lowest BCUT2D eigenvalue weighted by atomic mass is 10.2. The Bertz CT molecular complexity index is 533. The highest BCUT2D eigenvalue weighted by atomic mass is 32.1. The molecule has 2 aromatic rings. The van der Waals surface area contributed by atoms with Crippen LogP contribution < -0.4 is 10.2 Å². The van der Waals surface area contributed by atoms with Gasteiger partial charge < -0.3 is 10.2 Å². The van der Waals surface area contributed by atoms with Crippen LogP contribution in [0.15, 0.2) is 29.6 Å². The molecule has 0 aliphatic heterocycles. The maximum atomic E-state index is 4.78. The van der Waals surface area contributed by atoms with Crippen LogP contribution in [0.5, 0.6) is 0 Å². The van der Waals surface area contributed by atoms with Crippen LogP contribution in [0.25, 0.3) is 0 Å². The molecule has 20 heavy (non-hydrogen) atoms. The Labute approximate surface area is 125 Å². The van der Waals surface area contributed by atoms with Crippen molar-refractivity contribution in [2.45, 2.75) is 33.7 Å². The SMILES string of the molecule is CCNC(C)c1csc(N(CC)c2ccc(C)cc2)n1. The Hall–Kier alpha value is -1.39. The summed E-state index contributed by atoms with van der Waals surface area (Å²) in [5.74, 6) is 0. The van der Waals surface area contributed by atoms with Gasteiger partial charge in [0.15, 0.2) is 5.13 Å². The molecule has 1 aromatic carbocycles. The van der Waals surface area contributed by atoms with Gasteiger partial charge in [-0.15, -0.1) is 11.3 Å². The molecule has 108 valence electrons. The molecular weight excluding hydrogens is 266 g/mol. The first-order valence-corrected chi connectivity index (χ1v) is 8.06. The van der Waals surface area contributed by atoms with Crippen LogP contribution in [0.4, 0.5) is 10.8 Å². The quantitative estimate of drug-likeness (QED) is 0.860. The predicted octanol–water partition coefficient (Wildman–Crippen LogP) is 4.28. The Kier molecular flexibility index (Phi) is 5.15. The van der Waals surface area contributed by atoms with Crippen molar-refractivity contribution in [3.05, 3.63) is 40.9 Å². The van der Waals surface area contributed by atoms with Crippen molar-refractivity contribution < 1.29 is 0 Å². The van der Waals surface area contributed by atoms with Gasteiger partial charge in [0, 0.05) is 23.7 Å². The van der Waals surface area contributed by atoms with E-state index in [-0.39, 0.29) is 0 Å². The van der Waals surface area contributed by atoms with Crippen LogP contribution in [-0.2, 0) is 0 Å². The minimum Gasteiger partial charge on any atom is -0.318 e. The van der Waals surface area contributed by atoms with Gasteiger partial charge in [-0.3, -0.25) is 0 Å². The highest BCUT2D eigenvalue weighted by Crippen LogP contribution is 2.30. The van der Waals surface area contributed by atoms with Crippen LogP contribution >= 0.6 is 11.3 Å². The number of aryl methyl sites for hydroxylation is 1. The van der Waals surface area contributed by atoms with Crippen molar-refractivity contribution in [3.8, 4) is 0 Å². The standard InChI is InChI=1S/C16H23N3S/c1-5-17-13(4)15-11-20-16(18-15)19(6-2)14-9-7-12(3)8-10-14/h7-11,13,17H,5-6H2,1-4H3. The Balaban J connectivity index is 2.22. The largest absolute Gasteiger partial charge is 0.318 e. The molecule has 0 amide bonds. The third kappa shape index (κ3) is 3.38. The van der Waals surface area contributed by atoms with Gasteiger partial charge in [-0.1, -0.05) is 24.6 Å². The monoisotopic (exact) mass is 289 g/mol. The summed E-state index contributed by atoms with van der Waals surface area (Å²) < 4.78 is 0. The molecule has 1 N–H and O–H groups in total. The average Bonchev–Trinajstić information content (AvgIpc) is 2.92. The molecule has 1 atom stereocenters. The minimum atomic E-state index is 0.307. The van der Waals surface area contributed by atoms with E-state index < -0.39 is 0 Å². The number of benzene rings is 1. The summed E-state index contributed by atoms with van der Waals surface area (Å²) in [5, 5.41) is 6.62. The summed E-state index contributed by atoms with van der Waals surface area (Å²) in [6, 6.07) is 8.92. The van der Waals surface area contributed by atoms with Gasteiger partial charge in [-0.05, 0) is 39.4 Å². The topological polar surface area (TPSA) is 28.2 Å². The number of anilines is 2. The van der Waals surface area contributed by atoms with E-state index in [0.717, 1.165) is 23.9 Å². The first-order chi connectivity index (χ1) is 9.65. The number of thiazole rings is 1. The minimum absolute atomic E-state index is 0.307. The number of hydrogen-bond donors (Lipinski definition) is 1. The van der Waals surface area contributed by atoms with Gasteiger partial charge in [-0.25, -0.2) is 4.98 Å². The highest BCUT2D eigenvalue weighted by molar-refractivity contribution is 7.13. The molecule has 1 aromatic heterocycles. The smallest absolute Gasteiger partial charge is 0.190 e. The summed E-state index contributed by atoms with van der Waals surface area (Å²) in [5.41, 5.74) is 3.61. The molecular formula is C16H23N3S. The summed E-state index contributed by atoms with van der Waals surface area (Å²) in [7, 11) is 0. The zero-order chi connectivity index (χ0) is 14.5. The average molecular weight is 289 g/mol. The molecule has 3 nitrogen and oxygen atoms in total. The Morgan fingerprint density at radius 3 is 2.55 bits per heavy atom. The molecule has 0 bridgehead atoms. The molecule has 0 saturated carbocycles. The van der Waals surface area contributed by atoms with E-state index in [1.807, 2.05) is 0 Å². The van der Waals surface area contributed by atoms with Crippen LogP contribution in [0.3, 0.4) is 0 Å². The number of rotatable bonds is 6. The first kappa shape index (κ1) is 15.0. The highest BCUT2D eigenvalue weighted by Gasteiger charge is 2.14. The van der Waals surface area contributed by atoms with Crippen molar-refractivity contribution >= 4 is 22.2 Å². The fourth-order valence-corrected chi connectivity index (χ4v) is 3.17. The second kappa shape index (κ2) is 6.86. The van der Waals surface area contributed by atoms with E-state index in [0.29, 0.717) is 6.04 Å². The van der Waals surface area contributed by atoms with Crippen molar-refractivity contribution in [3.63, 3.8) is 0 Å². The van der Waals surface area contributed by atoms with E-state index in [2.05, 4.69) is 67.6 Å². The lowest BCUT2D eigenvalue weighted by molar-refractivity contribution is 0.586. The maximum absolute atomic E-state index is 4.78. The van der Waals surface area contributed by atoms with Gasteiger partial charge in [0.1, 0.15) is 0 Å².